The Hall–Kier alpha value is -1.92. The molecular formula is C8H11N3O4. The zero-order chi connectivity index (χ0) is 11.4. The average molecular weight is 213 g/mol. The van der Waals surface area contributed by atoms with E-state index in [1.165, 1.54) is 6.20 Å². The first-order valence-electron chi connectivity index (χ1n) is 4.41. The van der Waals surface area contributed by atoms with Crippen LogP contribution < -0.4 is 0 Å². The lowest BCUT2D eigenvalue weighted by atomic mass is 10.0. The van der Waals surface area contributed by atoms with Gasteiger partial charge >= 0.3 is 11.8 Å². The molecule has 0 aliphatic carbocycles. The minimum atomic E-state index is -0.902. The molecule has 1 rings (SSSR count). The van der Waals surface area contributed by atoms with Gasteiger partial charge in [-0.2, -0.15) is 0 Å². The molecule has 7 nitrogen and oxygen atoms in total. The van der Waals surface area contributed by atoms with E-state index in [1.807, 2.05) is 0 Å². The van der Waals surface area contributed by atoms with Gasteiger partial charge in [-0.25, -0.2) is 0 Å². The van der Waals surface area contributed by atoms with E-state index >= 15 is 0 Å². The van der Waals surface area contributed by atoms with Crippen molar-refractivity contribution >= 4 is 11.8 Å². The molecule has 1 heterocycles. The molecule has 0 saturated heterocycles. The monoisotopic (exact) mass is 213 g/mol. The minimum Gasteiger partial charge on any atom is -0.481 e. The van der Waals surface area contributed by atoms with Gasteiger partial charge in [-0.05, 0) is 17.8 Å². The third-order valence-corrected chi connectivity index (χ3v) is 2.15. The van der Waals surface area contributed by atoms with Crippen molar-refractivity contribution in [3.05, 3.63) is 21.9 Å². The summed E-state index contributed by atoms with van der Waals surface area (Å²) >= 11 is 0. The maximum absolute atomic E-state index is 10.5. The standard InChI is InChI=1S/C8H11N3O4/c1-5(8(12)13)2-3-6-4-9-10-7(6)11(14)15/h4-5H,2-3H2,1H3,(H,9,10)(H,12,13). The largest absolute Gasteiger partial charge is 0.481 e. The highest BCUT2D eigenvalue weighted by Crippen LogP contribution is 2.17. The number of carboxylic acid groups (broad SMARTS) is 1. The summed E-state index contributed by atoms with van der Waals surface area (Å²) in [7, 11) is 0. The molecule has 0 aliphatic rings. The molecule has 1 atom stereocenters. The zero-order valence-corrected chi connectivity index (χ0v) is 8.14. The summed E-state index contributed by atoms with van der Waals surface area (Å²) in [5, 5.41) is 24.9. The molecule has 1 unspecified atom stereocenters. The second-order valence-electron chi connectivity index (χ2n) is 3.28. The van der Waals surface area contributed by atoms with Crippen molar-refractivity contribution in [2.45, 2.75) is 19.8 Å². The Morgan fingerprint density at radius 1 is 1.80 bits per heavy atom. The first-order chi connectivity index (χ1) is 7.02. The molecule has 0 bridgehead atoms. The van der Waals surface area contributed by atoms with Crippen molar-refractivity contribution in [2.24, 2.45) is 5.92 Å². The molecule has 1 aromatic rings. The van der Waals surface area contributed by atoms with Crippen LogP contribution in [0, 0.1) is 16.0 Å². The van der Waals surface area contributed by atoms with Crippen LogP contribution in [0.4, 0.5) is 5.82 Å². The van der Waals surface area contributed by atoms with E-state index in [0.29, 0.717) is 18.4 Å². The maximum atomic E-state index is 10.5. The number of nitro groups is 1. The molecule has 0 aromatic carbocycles. The van der Waals surface area contributed by atoms with Gasteiger partial charge in [-0.15, -0.1) is 5.10 Å². The first kappa shape index (κ1) is 11.2. The number of H-pyrrole nitrogens is 1. The lowest BCUT2D eigenvalue weighted by molar-refractivity contribution is -0.390. The van der Waals surface area contributed by atoms with Crippen LogP contribution in [0.3, 0.4) is 0 Å². The Morgan fingerprint density at radius 3 is 3.00 bits per heavy atom. The Balaban J connectivity index is 2.61. The van der Waals surface area contributed by atoms with E-state index in [1.54, 1.807) is 6.92 Å². The number of nitrogens with one attached hydrogen (secondary N) is 1. The second kappa shape index (κ2) is 4.54. The number of aromatic nitrogens is 2. The first-order valence-corrected chi connectivity index (χ1v) is 4.41. The highest BCUT2D eigenvalue weighted by atomic mass is 16.6. The van der Waals surface area contributed by atoms with Crippen LogP contribution in [0.1, 0.15) is 18.9 Å². The van der Waals surface area contributed by atoms with E-state index in [2.05, 4.69) is 10.2 Å². The molecule has 0 spiro atoms. The number of aryl methyl sites for hydroxylation is 1. The second-order valence-corrected chi connectivity index (χ2v) is 3.28. The van der Waals surface area contributed by atoms with Gasteiger partial charge < -0.3 is 15.2 Å². The molecule has 0 saturated carbocycles. The number of hydrogen-bond acceptors (Lipinski definition) is 4. The molecule has 15 heavy (non-hydrogen) atoms. The van der Waals surface area contributed by atoms with Crippen LogP contribution in [0.5, 0.6) is 0 Å². The van der Waals surface area contributed by atoms with Crippen molar-refractivity contribution in [2.75, 3.05) is 0 Å². The molecule has 7 heteroatoms. The van der Waals surface area contributed by atoms with E-state index in [-0.39, 0.29) is 5.82 Å². The van der Waals surface area contributed by atoms with Gasteiger partial charge in [-0.1, -0.05) is 12.0 Å². The van der Waals surface area contributed by atoms with Gasteiger partial charge in [-0.3, -0.25) is 4.79 Å². The van der Waals surface area contributed by atoms with Crippen molar-refractivity contribution in [3.63, 3.8) is 0 Å². The van der Waals surface area contributed by atoms with Crippen LogP contribution in [0.2, 0.25) is 0 Å². The summed E-state index contributed by atoms with van der Waals surface area (Å²) in [5.74, 6) is -1.58. The Kier molecular flexibility index (Phi) is 3.37. The molecule has 2 N–H and O–H groups in total. The Morgan fingerprint density at radius 2 is 2.47 bits per heavy atom. The molecule has 0 aliphatic heterocycles. The number of rotatable bonds is 5. The molecule has 0 fully saturated rings. The third-order valence-electron chi connectivity index (χ3n) is 2.15. The van der Waals surface area contributed by atoms with Crippen LogP contribution >= 0.6 is 0 Å². The molecule has 0 amide bonds. The number of aromatic amines is 1. The van der Waals surface area contributed by atoms with Crippen molar-refractivity contribution < 1.29 is 14.8 Å². The molecule has 1 aromatic heterocycles. The summed E-state index contributed by atoms with van der Waals surface area (Å²) in [6.07, 6.45) is 2.04. The summed E-state index contributed by atoms with van der Waals surface area (Å²) in [6, 6.07) is 0. The van der Waals surface area contributed by atoms with Crippen molar-refractivity contribution in [1.29, 1.82) is 0 Å². The van der Waals surface area contributed by atoms with E-state index in [0.717, 1.165) is 0 Å². The predicted octanol–water partition coefficient (Wildman–Crippen LogP) is 0.971. The van der Waals surface area contributed by atoms with E-state index in [4.69, 9.17) is 5.11 Å². The fourth-order valence-corrected chi connectivity index (χ4v) is 1.14. The number of carboxylic acids is 1. The van der Waals surface area contributed by atoms with E-state index < -0.39 is 16.8 Å². The maximum Gasteiger partial charge on any atom is 0.345 e. The topological polar surface area (TPSA) is 109 Å². The van der Waals surface area contributed by atoms with Gasteiger partial charge in [0.2, 0.25) is 0 Å². The van der Waals surface area contributed by atoms with E-state index in [9.17, 15) is 14.9 Å². The summed E-state index contributed by atoms with van der Waals surface area (Å²) in [4.78, 5) is 20.4. The van der Waals surface area contributed by atoms with Crippen molar-refractivity contribution in [1.82, 2.24) is 10.2 Å². The molecule has 0 radical (unpaired) electrons. The zero-order valence-electron chi connectivity index (χ0n) is 8.14. The number of aliphatic carboxylic acids is 1. The van der Waals surface area contributed by atoms with Gasteiger partial charge in [0.15, 0.2) is 0 Å². The minimum absolute atomic E-state index is 0.160. The van der Waals surface area contributed by atoms with Crippen LogP contribution in [-0.4, -0.2) is 26.2 Å². The lowest BCUT2D eigenvalue weighted by Crippen LogP contribution is -2.10. The highest BCUT2D eigenvalue weighted by Gasteiger charge is 2.17. The Labute approximate surface area is 85.3 Å². The average Bonchev–Trinajstić information content (AvgIpc) is 2.61. The normalized spacial score (nSPS) is 12.3. The fourth-order valence-electron chi connectivity index (χ4n) is 1.14. The summed E-state index contributed by atoms with van der Waals surface area (Å²) in [5.41, 5.74) is 0.438. The summed E-state index contributed by atoms with van der Waals surface area (Å²) in [6.45, 7) is 1.56. The quantitative estimate of drug-likeness (QED) is 0.559. The fraction of sp³-hybridized carbons (Fsp3) is 0.500. The van der Waals surface area contributed by atoms with Crippen LogP contribution in [0.25, 0.3) is 0 Å². The third kappa shape index (κ3) is 2.76. The predicted molar refractivity (Wildman–Crippen MR) is 50.4 cm³/mol. The van der Waals surface area contributed by atoms with Gasteiger partial charge in [0.1, 0.15) is 0 Å². The lowest BCUT2D eigenvalue weighted by Gasteiger charge is -2.03. The van der Waals surface area contributed by atoms with Crippen LogP contribution in [-0.2, 0) is 11.2 Å². The molecular weight excluding hydrogens is 202 g/mol. The summed E-state index contributed by atoms with van der Waals surface area (Å²) < 4.78 is 0. The number of hydrogen-bond donors (Lipinski definition) is 2. The van der Waals surface area contributed by atoms with Crippen LogP contribution in [0.15, 0.2) is 6.20 Å². The number of carbonyl (C=O) groups is 1. The highest BCUT2D eigenvalue weighted by molar-refractivity contribution is 5.69. The number of nitrogens with zero attached hydrogens (tertiary/aromatic N) is 2. The van der Waals surface area contributed by atoms with Gasteiger partial charge in [0.05, 0.1) is 17.7 Å². The smallest absolute Gasteiger partial charge is 0.345 e. The van der Waals surface area contributed by atoms with Gasteiger partial charge in [0, 0.05) is 0 Å². The molecule has 82 valence electrons. The van der Waals surface area contributed by atoms with Gasteiger partial charge in [0.25, 0.3) is 0 Å². The SMILES string of the molecule is CC(CCc1cn[nH]c1[N+](=O)[O-])C(=O)O. The van der Waals surface area contributed by atoms with Crippen molar-refractivity contribution in [3.8, 4) is 0 Å². The Bertz CT molecular complexity index is 374.